The largest absolute Gasteiger partial charge is 0.330 e. The number of amides is 1. The maximum absolute atomic E-state index is 11.8. The summed E-state index contributed by atoms with van der Waals surface area (Å²) in [6.07, 6.45) is 0.685. The zero-order valence-electron chi connectivity index (χ0n) is 8.97. The number of halogens is 2. The van der Waals surface area contributed by atoms with E-state index in [9.17, 15) is 4.79 Å². The summed E-state index contributed by atoms with van der Waals surface area (Å²) in [6.45, 7) is 2.22. The zero-order valence-corrected chi connectivity index (χ0v) is 10.5. The lowest BCUT2D eigenvalue weighted by molar-refractivity contribution is -0.119. The smallest absolute Gasteiger partial charge is 0.228 e. The molecule has 0 saturated carbocycles. The van der Waals surface area contributed by atoms with E-state index in [4.69, 9.17) is 28.9 Å². The van der Waals surface area contributed by atoms with Crippen LogP contribution >= 0.6 is 23.2 Å². The van der Waals surface area contributed by atoms with Crippen LogP contribution in [0.3, 0.4) is 0 Å². The Morgan fingerprint density at radius 3 is 2.44 bits per heavy atom. The molecule has 0 aromatic heterocycles. The van der Waals surface area contributed by atoms with Gasteiger partial charge in [0.25, 0.3) is 0 Å². The Morgan fingerprint density at radius 1 is 1.44 bits per heavy atom. The SMILES string of the molecule is CCC(CN)C(=O)Nc1c(Cl)cccc1Cl. The topological polar surface area (TPSA) is 55.1 Å². The molecule has 0 fully saturated rings. The predicted octanol–water partition coefficient (Wildman–Crippen LogP) is 2.92. The first-order valence-corrected chi connectivity index (χ1v) is 5.80. The Morgan fingerprint density at radius 2 is 2.00 bits per heavy atom. The number of hydrogen-bond donors (Lipinski definition) is 2. The molecular weight excluding hydrogens is 247 g/mol. The summed E-state index contributed by atoms with van der Waals surface area (Å²) in [6, 6.07) is 5.07. The zero-order chi connectivity index (χ0) is 12.1. The third kappa shape index (κ3) is 3.11. The first-order valence-electron chi connectivity index (χ1n) is 5.05. The Kier molecular flexibility index (Phi) is 5.06. The van der Waals surface area contributed by atoms with Gasteiger partial charge in [-0.2, -0.15) is 0 Å². The number of carbonyl (C=O) groups excluding carboxylic acids is 1. The highest BCUT2D eigenvalue weighted by atomic mass is 35.5. The minimum atomic E-state index is -0.215. The van der Waals surface area contributed by atoms with Gasteiger partial charge in [0, 0.05) is 6.54 Å². The molecule has 0 radical (unpaired) electrons. The lowest BCUT2D eigenvalue weighted by Gasteiger charge is -2.14. The van der Waals surface area contributed by atoms with Crippen molar-refractivity contribution < 1.29 is 4.79 Å². The molecule has 88 valence electrons. The number of carbonyl (C=O) groups is 1. The molecule has 0 aliphatic heterocycles. The van der Waals surface area contributed by atoms with Gasteiger partial charge in [0.15, 0.2) is 0 Å². The second kappa shape index (κ2) is 6.09. The summed E-state index contributed by atoms with van der Waals surface area (Å²) in [5.41, 5.74) is 5.93. The van der Waals surface area contributed by atoms with Crippen molar-refractivity contribution in [2.24, 2.45) is 11.7 Å². The van der Waals surface area contributed by atoms with E-state index in [1.807, 2.05) is 6.92 Å². The number of nitrogens with two attached hydrogens (primary N) is 1. The third-order valence-electron chi connectivity index (χ3n) is 2.36. The van der Waals surface area contributed by atoms with Crippen LogP contribution in [0, 0.1) is 5.92 Å². The summed E-state index contributed by atoms with van der Waals surface area (Å²) < 4.78 is 0. The van der Waals surface area contributed by atoms with Crippen molar-refractivity contribution in [2.45, 2.75) is 13.3 Å². The average molecular weight is 261 g/mol. The highest BCUT2D eigenvalue weighted by Gasteiger charge is 2.16. The van der Waals surface area contributed by atoms with Gasteiger partial charge < -0.3 is 11.1 Å². The molecule has 0 bridgehead atoms. The molecule has 1 aromatic carbocycles. The minimum Gasteiger partial charge on any atom is -0.330 e. The molecule has 0 saturated heterocycles. The molecule has 1 aromatic rings. The number of para-hydroxylation sites is 1. The van der Waals surface area contributed by atoms with E-state index in [1.54, 1.807) is 18.2 Å². The standard InChI is InChI=1S/C11H14Cl2N2O/c1-2-7(6-14)11(16)15-10-8(12)4-3-5-9(10)13/h3-5,7H,2,6,14H2,1H3,(H,15,16). The first-order chi connectivity index (χ1) is 7.60. The van der Waals surface area contributed by atoms with E-state index in [1.165, 1.54) is 0 Å². The molecule has 0 aliphatic rings. The third-order valence-corrected chi connectivity index (χ3v) is 2.99. The Balaban J connectivity index is 2.84. The van der Waals surface area contributed by atoms with Crippen molar-refractivity contribution in [3.05, 3.63) is 28.2 Å². The van der Waals surface area contributed by atoms with Crippen molar-refractivity contribution in [1.29, 1.82) is 0 Å². The van der Waals surface area contributed by atoms with E-state index in [-0.39, 0.29) is 11.8 Å². The molecule has 0 spiro atoms. The van der Waals surface area contributed by atoms with Gasteiger partial charge >= 0.3 is 0 Å². The second-order valence-electron chi connectivity index (χ2n) is 3.43. The number of benzene rings is 1. The van der Waals surface area contributed by atoms with Gasteiger partial charge in [-0.05, 0) is 18.6 Å². The molecule has 1 unspecified atom stereocenters. The number of anilines is 1. The van der Waals surface area contributed by atoms with E-state index in [2.05, 4.69) is 5.32 Å². The Labute approximate surface area is 105 Å². The maximum Gasteiger partial charge on any atom is 0.228 e. The van der Waals surface area contributed by atoms with E-state index >= 15 is 0 Å². The van der Waals surface area contributed by atoms with Crippen molar-refractivity contribution in [3.63, 3.8) is 0 Å². The fourth-order valence-electron chi connectivity index (χ4n) is 1.30. The lowest BCUT2D eigenvalue weighted by Crippen LogP contribution is -2.28. The van der Waals surface area contributed by atoms with Crippen LogP contribution in [-0.4, -0.2) is 12.5 Å². The summed E-state index contributed by atoms with van der Waals surface area (Å²) in [7, 11) is 0. The molecule has 1 atom stereocenters. The van der Waals surface area contributed by atoms with Crippen LogP contribution in [0.2, 0.25) is 10.0 Å². The monoisotopic (exact) mass is 260 g/mol. The van der Waals surface area contributed by atoms with E-state index in [0.717, 1.165) is 0 Å². The summed E-state index contributed by atoms with van der Waals surface area (Å²) in [4.78, 5) is 11.8. The van der Waals surface area contributed by atoms with E-state index < -0.39 is 0 Å². The minimum absolute atomic E-state index is 0.153. The fraction of sp³-hybridized carbons (Fsp3) is 0.364. The van der Waals surface area contributed by atoms with Crippen molar-refractivity contribution >= 4 is 34.8 Å². The molecule has 1 rings (SSSR count). The molecule has 1 amide bonds. The molecule has 3 nitrogen and oxygen atoms in total. The number of rotatable bonds is 4. The van der Waals surface area contributed by atoms with Gasteiger partial charge in [-0.25, -0.2) is 0 Å². The van der Waals surface area contributed by atoms with Crippen molar-refractivity contribution in [2.75, 3.05) is 11.9 Å². The van der Waals surface area contributed by atoms with Crippen LogP contribution in [0.25, 0.3) is 0 Å². The van der Waals surface area contributed by atoms with Crippen LogP contribution < -0.4 is 11.1 Å². The summed E-state index contributed by atoms with van der Waals surface area (Å²) in [5.74, 6) is -0.368. The van der Waals surface area contributed by atoms with Crippen LogP contribution in [0.4, 0.5) is 5.69 Å². The summed E-state index contributed by atoms with van der Waals surface area (Å²) in [5, 5.41) is 3.55. The highest BCUT2D eigenvalue weighted by molar-refractivity contribution is 6.39. The second-order valence-corrected chi connectivity index (χ2v) is 4.24. The fourth-order valence-corrected chi connectivity index (χ4v) is 1.79. The number of hydrogen-bond acceptors (Lipinski definition) is 2. The van der Waals surface area contributed by atoms with E-state index in [0.29, 0.717) is 28.7 Å². The quantitative estimate of drug-likeness (QED) is 0.875. The van der Waals surface area contributed by atoms with Gasteiger partial charge in [0.2, 0.25) is 5.91 Å². The maximum atomic E-state index is 11.8. The van der Waals surface area contributed by atoms with Crippen LogP contribution in [0.15, 0.2) is 18.2 Å². The van der Waals surface area contributed by atoms with Crippen molar-refractivity contribution in [3.8, 4) is 0 Å². The van der Waals surface area contributed by atoms with Crippen LogP contribution in [0.1, 0.15) is 13.3 Å². The van der Waals surface area contributed by atoms with Gasteiger partial charge in [-0.3, -0.25) is 4.79 Å². The molecule has 16 heavy (non-hydrogen) atoms. The van der Waals surface area contributed by atoms with Gasteiger partial charge in [0.1, 0.15) is 0 Å². The van der Waals surface area contributed by atoms with Crippen LogP contribution in [-0.2, 0) is 4.79 Å². The van der Waals surface area contributed by atoms with Gasteiger partial charge in [-0.15, -0.1) is 0 Å². The normalized spacial score (nSPS) is 12.2. The average Bonchev–Trinajstić information content (AvgIpc) is 2.25. The first kappa shape index (κ1) is 13.3. The highest BCUT2D eigenvalue weighted by Crippen LogP contribution is 2.30. The predicted molar refractivity (Wildman–Crippen MR) is 67.9 cm³/mol. The van der Waals surface area contributed by atoms with Crippen LogP contribution in [0.5, 0.6) is 0 Å². The van der Waals surface area contributed by atoms with Crippen molar-refractivity contribution in [1.82, 2.24) is 0 Å². The molecule has 0 heterocycles. The number of nitrogens with one attached hydrogen (secondary N) is 1. The Bertz CT molecular complexity index is 358. The molecule has 3 N–H and O–H groups in total. The lowest BCUT2D eigenvalue weighted by atomic mass is 10.1. The molecule has 5 heteroatoms. The van der Waals surface area contributed by atoms with Gasteiger partial charge in [0.05, 0.1) is 21.7 Å². The summed E-state index contributed by atoms with van der Waals surface area (Å²) >= 11 is 11.9. The Hall–Kier alpha value is -0.770. The molecular formula is C11H14Cl2N2O. The van der Waals surface area contributed by atoms with Gasteiger partial charge in [-0.1, -0.05) is 36.2 Å². The molecule has 0 aliphatic carbocycles.